The van der Waals surface area contributed by atoms with Crippen molar-refractivity contribution in [2.24, 2.45) is 5.92 Å². The van der Waals surface area contributed by atoms with Gasteiger partial charge in [0.15, 0.2) is 0 Å². The zero-order chi connectivity index (χ0) is 17.0. The minimum Gasteiger partial charge on any atom is -0.478 e. The maximum Gasteiger partial charge on any atom is 0.331 e. The van der Waals surface area contributed by atoms with Gasteiger partial charge in [0.05, 0.1) is 6.04 Å². The van der Waals surface area contributed by atoms with Crippen LogP contribution < -0.4 is 5.32 Å². The Labute approximate surface area is 137 Å². The van der Waals surface area contributed by atoms with Crippen molar-refractivity contribution in [3.05, 3.63) is 41.0 Å². The van der Waals surface area contributed by atoms with Crippen LogP contribution in [0.2, 0.25) is 0 Å². The molecule has 0 saturated heterocycles. The molecule has 0 aliphatic carbocycles. The van der Waals surface area contributed by atoms with Gasteiger partial charge in [0.1, 0.15) is 0 Å². The van der Waals surface area contributed by atoms with Crippen LogP contribution in [0.1, 0.15) is 62.4 Å². The van der Waals surface area contributed by atoms with Gasteiger partial charge in [0.2, 0.25) is 0 Å². The van der Waals surface area contributed by atoms with Crippen LogP contribution in [0.4, 0.5) is 0 Å². The first kappa shape index (κ1) is 17.3. The van der Waals surface area contributed by atoms with Gasteiger partial charge in [-0.05, 0) is 36.0 Å². The summed E-state index contributed by atoms with van der Waals surface area (Å²) in [6.45, 7) is 6.16. The number of aliphatic carboxylic acids is 1. The van der Waals surface area contributed by atoms with E-state index in [2.05, 4.69) is 19.2 Å². The van der Waals surface area contributed by atoms with E-state index in [1.165, 1.54) is 0 Å². The molecule has 124 valence electrons. The molecule has 4 nitrogen and oxygen atoms in total. The minimum absolute atomic E-state index is 0.116. The summed E-state index contributed by atoms with van der Waals surface area (Å²) in [6, 6.07) is 7.06. The van der Waals surface area contributed by atoms with Gasteiger partial charge < -0.3 is 10.4 Å². The molecule has 2 atom stereocenters. The second-order valence-electron chi connectivity index (χ2n) is 6.18. The van der Waals surface area contributed by atoms with Crippen molar-refractivity contribution in [2.75, 3.05) is 0 Å². The molecule has 1 aromatic carbocycles. The first-order valence-electron chi connectivity index (χ1n) is 8.37. The number of amides is 1. The highest BCUT2D eigenvalue weighted by Gasteiger charge is 2.34. The van der Waals surface area contributed by atoms with E-state index in [0.29, 0.717) is 17.6 Å². The van der Waals surface area contributed by atoms with Crippen LogP contribution in [0.15, 0.2) is 29.8 Å². The molecule has 0 fully saturated rings. The van der Waals surface area contributed by atoms with E-state index >= 15 is 0 Å². The number of carboxylic acids is 1. The van der Waals surface area contributed by atoms with Gasteiger partial charge in [-0.15, -0.1) is 0 Å². The second-order valence-corrected chi connectivity index (χ2v) is 6.18. The lowest BCUT2D eigenvalue weighted by Gasteiger charge is -2.34. The van der Waals surface area contributed by atoms with Gasteiger partial charge in [0.25, 0.3) is 5.91 Å². The molecular formula is C19H25NO3. The Hall–Kier alpha value is -2.10. The topological polar surface area (TPSA) is 66.4 Å². The van der Waals surface area contributed by atoms with E-state index in [4.69, 9.17) is 0 Å². The molecule has 1 heterocycles. The van der Waals surface area contributed by atoms with Crippen LogP contribution >= 0.6 is 0 Å². The Balaban J connectivity index is 2.67. The third-order valence-electron chi connectivity index (χ3n) is 4.64. The number of unbranched alkanes of at least 4 members (excludes halogenated alkanes) is 1. The maximum absolute atomic E-state index is 12.4. The Morgan fingerprint density at radius 1 is 1.26 bits per heavy atom. The summed E-state index contributed by atoms with van der Waals surface area (Å²) in [4.78, 5) is 24.3. The molecule has 0 saturated carbocycles. The standard InChI is InChI=1S/C19H25NO3/c1-4-6-9-15(19(22)23)16-13-10-7-8-11-14(13)18(21)20-17(16)12(3)5-2/h7-8,10-12,17H,4-6,9H2,1-3H3,(H,20,21)(H,22,23)/t12?,17-/m0/s1. The van der Waals surface area contributed by atoms with Gasteiger partial charge in [-0.1, -0.05) is 51.8 Å². The average molecular weight is 315 g/mol. The summed E-state index contributed by atoms with van der Waals surface area (Å²) in [7, 11) is 0. The lowest BCUT2D eigenvalue weighted by atomic mass is 9.79. The van der Waals surface area contributed by atoms with Crippen LogP contribution in [0, 0.1) is 5.92 Å². The summed E-state index contributed by atoms with van der Waals surface area (Å²) in [5, 5.41) is 12.8. The molecular weight excluding hydrogens is 290 g/mol. The largest absolute Gasteiger partial charge is 0.478 e. The van der Waals surface area contributed by atoms with Crippen molar-refractivity contribution < 1.29 is 14.7 Å². The van der Waals surface area contributed by atoms with Gasteiger partial charge in [0, 0.05) is 11.1 Å². The number of nitrogens with one attached hydrogen (secondary N) is 1. The van der Waals surface area contributed by atoms with E-state index in [1.54, 1.807) is 6.07 Å². The van der Waals surface area contributed by atoms with E-state index in [9.17, 15) is 14.7 Å². The van der Waals surface area contributed by atoms with Crippen molar-refractivity contribution in [3.8, 4) is 0 Å². The number of carboxylic acid groups (broad SMARTS) is 1. The highest BCUT2D eigenvalue weighted by Crippen LogP contribution is 2.35. The molecule has 1 aliphatic rings. The van der Waals surface area contributed by atoms with Gasteiger partial charge >= 0.3 is 5.97 Å². The second kappa shape index (κ2) is 7.44. The Morgan fingerprint density at radius 2 is 1.91 bits per heavy atom. The fourth-order valence-corrected chi connectivity index (χ4v) is 3.10. The molecule has 1 unspecified atom stereocenters. The summed E-state index contributed by atoms with van der Waals surface area (Å²) >= 11 is 0. The summed E-state index contributed by atoms with van der Waals surface area (Å²) in [5.74, 6) is -0.819. The molecule has 0 bridgehead atoms. The zero-order valence-corrected chi connectivity index (χ0v) is 14.1. The predicted octanol–water partition coefficient (Wildman–Crippen LogP) is 3.87. The lowest BCUT2D eigenvalue weighted by molar-refractivity contribution is -0.132. The van der Waals surface area contributed by atoms with Crippen molar-refractivity contribution in [1.82, 2.24) is 5.32 Å². The molecule has 1 aromatic rings. The summed E-state index contributed by atoms with van der Waals surface area (Å²) < 4.78 is 0. The third-order valence-corrected chi connectivity index (χ3v) is 4.64. The molecule has 0 aromatic heterocycles. The van der Waals surface area contributed by atoms with Crippen LogP contribution in [-0.2, 0) is 4.79 Å². The molecule has 2 rings (SSSR count). The van der Waals surface area contributed by atoms with Gasteiger partial charge in [-0.25, -0.2) is 4.79 Å². The Morgan fingerprint density at radius 3 is 2.48 bits per heavy atom. The lowest BCUT2D eigenvalue weighted by Crippen LogP contribution is -2.45. The number of carbonyl (C=O) groups excluding carboxylic acids is 1. The van der Waals surface area contributed by atoms with Crippen molar-refractivity contribution in [2.45, 2.75) is 52.5 Å². The number of benzene rings is 1. The highest BCUT2D eigenvalue weighted by molar-refractivity contribution is 6.08. The maximum atomic E-state index is 12.4. The van der Waals surface area contributed by atoms with Gasteiger partial charge in [-0.3, -0.25) is 4.79 Å². The molecule has 2 N–H and O–H groups in total. The van der Waals surface area contributed by atoms with Gasteiger partial charge in [-0.2, -0.15) is 0 Å². The highest BCUT2D eigenvalue weighted by atomic mass is 16.4. The monoisotopic (exact) mass is 315 g/mol. The fraction of sp³-hybridized carbons (Fsp3) is 0.474. The van der Waals surface area contributed by atoms with E-state index in [0.717, 1.165) is 30.4 Å². The Bertz CT molecular complexity index is 633. The van der Waals surface area contributed by atoms with Crippen LogP contribution in [-0.4, -0.2) is 23.0 Å². The van der Waals surface area contributed by atoms with Crippen LogP contribution in [0.5, 0.6) is 0 Å². The molecule has 1 aliphatic heterocycles. The molecule has 4 heteroatoms. The van der Waals surface area contributed by atoms with E-state index < -0.39 is 5.97 Å². The average Bonchev–Trinajstić information content (AvgIpc) is 2.55. The first-order valence-corrected chi connectivity index (χ1v) is 8.37. The minimum atomic E-state index is -0.882. The normalized spacial score (nSPS) is 20.5. The SMILES string of the molecule is CCCCC(C(=O)O)=C1c2ccccc2C(=O)N[C@H]1C(C)CC. The number of fused-ring (bicyclic) bond motifs is 1. The van der Waals surface area contributed by atoms with Crippen LogP contribution in [0.3, 0.4) is 0 Å². The quantitative estimate of drug-likeness (QED) is 0.783. The smallest absolute Gasteiger partial charge is 0.331 e. The Kier molecular flexibility index (Phi) is 5.59. The molecule has 23 heavy (non-hydrogen) atoms. The summed E-state index contributed by atoms with van der Waals surface area (Å²) in [6.07, 6.45) is 3.16. The number of hydrogen-bond donors (Lipinski definition) is 2. The zero-order valence-electron chi connectivity index (χ0n) is 14.1. The van der Waals surface area contributed by atoms with Crippen molar-refractivity contribution >= 4 is 17.4 Å². The first-order chi connectivity index (χ1) is 11.0. The summed E-state index contributed by atoms with van der Waals surface area (Å²) in [5.41, 5.74) is 2.56. The van der Waals surface area contributed by atoms with E-state index in [1.807, 2.05) is 25.1 Å². The van der Waals surface area contributed by atoms with E-state index in [-0.39, 0.29) is 17.9 Å². The molecule has 0 radical (unpaired) electrons. The van der Waals surface area contributed by atoms with Crippen molar-refractivity contribution in [1.29, 1.82) is 0 Å². The van der Waals surface area contributed by atoms with Crippen LogP contribution in [0.25, 0.3) is 5.57 Å². The molecule has 0 spiro atoms. The predicted molar refractivity (Wildman–Crippen MR) is 91.2 cm³/mol. The molecule has 1 amide bonds. The number of carbonyl (C=O) groups is 2. The number of hydrogen-bond acceptors (Lipinski definition) is 2. The fourth-order valence-electron chi connectivity index (χ4n) is 3.10. The number of rotatable bonds is 6. The third kappa shape index (κ3) is 3.46. The van der Waals surface area contributed by atoms with Crippen molar-refractivity contribution in [3.63, 3.8) is 0 Å².